The largest absolute Gasteiger partial charge is 0.495 e. The molecule has 0 bridgehead atoms. The maximum absolute atomic E-state index is 12.4. The van der Waals surface area contributed by atoms with Crippen molar-refractivity contribution < 1.29 is 18.8 Å². The molecule has 0 atom stereocenters. The van der Waals surface area contributed by atoms with E-state index in [4.69, 9.17) is 9.26 Å². The number of carbonyl (C=O) groups excluding carboxylic acids is 2. The van der Waals surface area contributed by atoms with Crippen LogP contribution in [0.25, 0.3) is 11.4 Å². The van der Waals surface area contributed by atoms with Gasteiger partial charge >= 0.3 is 0 Å². The van der Waals surface area contributed by atoms with Crippen LogP contribution in [0, 0.1) is 0 Å². The number of thiophene rings is 1. The fourth-order valence-corrected chi connectivity index (χ4v) is 3.98. The molecule has 8 nitrogen and oxygen atoms in total. The van der Waals surface area contributed by atoms with Gasteiger partial charge in [-0.3, -0.25) is 9.59 Å². The SMILES string of the molecule is COc1ccc(NC(=O)CCc2nc(-c3ccsc3)no2)cc1N1CCCCC1=O. The predicted octanol–water partition coefficient (Wildman–Crippen LogP) is 3.89. The number of nitrogens with zero attached hydrogens (tertiary/aromatic N) is 3. The fourth-order valence-electron chi connectivity index (χ4n) is 3.35. The maximum atomic E-state index is 12.4. The Hall–Kier alpha value is -3.20. The maximum Gasteiger partial charge on any atom is 0.227 e. The van der Waals surface area contributed by atoms with Crippen molar-refractivity contribution in [2.75, 3.05) is 23.9 Å². The second-order valence-electron chi connectivity index (χ2n) is 6.96. The van der Waals surface area contributed by atoms with Gasteiger partial charge in [-0.15, -0.1) is 0 Å². The molecular weight excluding hydrogens is 404 g/mol. The van der Waals surface area contributed by atoms with Gasteiger partial charge in [0.05, 0.1) is 12.8 Å². The summed E-state index contributed by atoms with van der Waals surface area (Å²) in [6.07, 6.45) is 2.92. The summed E-state index contributed by atoms with van der Waals surface area (Å²) < 4.78 is 10.6. The molecule has 0 saturated carbocycles. The number of benzene rings is 1. The Bertz CT molecular complexity index is 1030. The zero-order chi connectivity index (χ0) is 20.9. The van der Waals surface area contributed by atoms with Crippen LogP contribution < -0.4 is 15.0 Å². The minimum Gasteiger partial charge on any atom is -0.495 e. The first-order valence-electron chi connectivity index (χ1n) is 9.77. The molecule has 0 aliphatic carbocycles. The van der Waals surface area contributed by atoms with Crippen LogP contribution in [0.1, 0.15) is 31.6 Å². The number of piperidine rings is 1. The number of rotatable bonds is 7. The van der Waals surface area contributed by atoms with Crippen LogP contribution in [0.3, 0.4) is 0 Å². The van der Waals surface area contributed by atoms with E-state index in [0.717, 1.165) is 18.4 Å². The summed E-state index contributed by atoms with van der Waals surface area (Å²) in [5, 5.41) is 10.7. The van der Waals surface area contributed by atoms with Crippen molar-refractivity contribution in [2.45, 2.75) is 32.1 Å². The van der Waals surface area contributed by atoms with Crippen LogP contribution in [-0.2, 0) is 16.0 Å². The van der Waals surface area contributed by atoms with Crippen molar-refractivity contribution in [3.63, 3.8) is 0 Å². The van der Waals surface area contributed by atoms with Crippen molar-refractivity contribution in [1.29, 1.82) is 0 Å². The molecule has 1 N–H and O–H groups in total. The molecule has 4 rings (SSSR count). The van der Waals surface area contributed by atoms with Gasteiger partial charge in [0.1, 0.15) is 5.75 Å². The van der Waals surface area contributed by atoms with Gasteiger partial charge in [0.25, 0.3) is 0 Å². The van der Waals surface area contributed by atoms with Gasteiger partial charge in [-0.2, -0.15) is 16.3 Å². The van der Waals surface area contributed by atoms with Crippen LogP contribution in [0.4, 0.5) is 11.4 Å². The standard InChI is InChI=1S/C21H22N4O4S/c1-28-17-6-5-15(12-16(17)25-10-3-2-4-20(25)27)22-18(26)7-8-19-23-21(24-29-19)14-9-11-30-13-14/h5-6,9,11-13H,2-4,7-8,10H2,1H3,(H,22,26). The fraction of sp³-hybridized carbons (Fsp3) is 0.333. The van der Waals surface area contributed by atoms with Crippen LogP contribution in [0.15, 0.2) is 39.5 Å². The third kappa shape index (κ3) is 4.51. The molecule has 30 heavy (non-hydrogen) atoms. The van der Waals surface area contributed by atoms with E-state index in [1.54, 1.807) is 41.5 Å². The monoisotopic (exact) mass is 426 g/mol. The molecular formula is C21H22N4O4S. The van der Waals surface area contributed by atoms with Crippen molar-refractivity contribution in [2.24, 2.45) is 0 Å². The molecule has 0 spiro atoms. The minimum absolute atomic E-state index is 0.0702. The summed E-state index contributed by atoms with van der Waals surface area (Å²) in [7, 11) is 1.57. The van der Waals surface area contributed by atoms with Gasteiger partial charge in [-0.05, 0) is 42.5 Å². The number of aromatic nitrogens is 2. The van der Waals surface area contributed by atoms with E-state index in [1.165, 1.54) is 0 Å². The zero-order valence-corrected chi connectivity index (χ0v) is 17.4. The van der Waals surface area contributed by atoms with Crippen LogP contribution >= 0.6 is 11.3 Å². The molecule has 3 aromatic rings. The second-order valence-corrected chi connectivity index (χ2v) is 7.74. The van der Waals surface area contributed by atoms with Gasteiger partial charge in [0.15, 0.2) is 0 Å². The van der Waals surface area contributed by atoms with Crippen LogP contribution in [0.5, 0.6) is 5.75 Å². The number of carbonyl (C=O) groups is 2. The Kier molecular flexibility index (Phi) is 6.08. The molecule has 1 saturated heterocycles. The average molecular weight is 426 g/mol. The first kappa shape index (κ1) is 20.1. The normalized spacial score (nSPS) is 14.0. The molecule has 9 heteroatoms. The number of amides is 2. The highest BCUT2D eigenvalue weighted by Crippen LogP contribution is 2.33. The van der Waals surface area contributed by atoms with Gasteiger partial charge in [0.2, 0.25) is 23.5 Å². The van der Waals surface area contributed by atoms with E-state index in [9.17, 15) is 9.59 Å². The highest BCUT2D eigenvalue weighted by Gasteiger charge is 2.23. The third-order valence-corrected chi connectivity index (χ3v) is 5.57. The number of aryl methyl sites for hydroxylation is 1. The first-order valence-corrected chi connectivity index (χ1v) is 10.7. The Balaban J connectivity index is 1.39. The molecule has 2 aromatic heterocycles. The van der Waals surface area contributed by atoms with E-state index >= 15 is 0 Å². The van der Waals surface area contributed by atoms with Crippen molar-refractivity contribution in [3.8, 4) is 17.1 Å². The van der Waals surface area contributed by atoms with Gasteiger partial charge in [0, 0.05) is 42.4 Å². The second kappa shape index (κ2) is 9.08. The Morgan fingerprint density at radius 3 is 3.00 bits per heavy atom. The smallest absolute Gasteiger partial charge is 0.227 e. The lowest BCUT2D eigenvalue weighted by molar-refractivity contribution is -0.119. The van der Waals surface area contributed by atoms with E-state index in [-0.39, 0.29) is 18.2 Å². The minimum atomic E-state index is -0.175. The quantitative estimate of drug-likeness (QED) is 0.615. The van der Waals surface area contributed by atoms with E-state index in [1.807, 2.05) is 16.8 Å². The lowest BCUT2D eigenvalue weighted by Crippen LogP contribution is -2.35. The molecule has 2 amide bonds. The lowest BCUT2D eigenvalue weighted by Gasteiger charge is -2.28. The Morgan fingerprint density at radius 1 is 1.33 bits per heavy atom. The van der Waals surface area contributed by atoms with Gasteiger partial charge < -0.3 is 19.5 Å². The number of nitrogens with one attached hydrogen (secondary N) is 1. The Labute approximate surface area is 177 Å². The summed E-state index contributed by atoms with van der Waals surface area (Å²) in [5.41, 5.74) is 2.19. The number of hydrogen-bond donors (Lipinski definition) is 1. The molecule has 0 radical (unpaired) electrons. The van der Waals surface area contributed by atoms with E-state index in [0.29, 0.717) is 48.2 Å². The zero-order valence-electron chi connectivity index (χ0n) is 16.6. The van der Waals surface area contributed by atoms with Gasteiger partial charge in [-0.1, -0.05) is 5.16 Å². The number of hydrogen-bond acceptors (Lipinski definition) is 7. The Morgan fingerprint density at radius 2 is 2.23 bits per heavy atom. The number of anilines is 2. The predicted molar refractivity (Wildman–Crippen MR) is 114 cm³/mol. The van der Waals surface area contributed by atoms with E-state index in [2.05, 4.69) is 15.5 Å². The molecule has 0 unspecified atom stereocenters. The molecule has 1 aliphatic heterocycles. The van der Waals surface area contributed by atoms with Gasteiger partial charge in [-0.25, -0.2) is 0 Å². The van der Waals surface area contributed by atoms with Crippen LogP contribution in [-0.4, -0.2) is 35.6 Å². The molecule has 156 valence electrons. The van der Waals surface area contributed by atoms with Crippen molar-refractivity contribution in [3.05, 3.63) is 40.9 Å². The molecule has 1 fully saturated rings. The third-order valence-electron chi connectivity index (χ3n) is 4.89. The van der Waals surface area contributed by atoms with Crippen LogP contribution in [0.2, 0.25) is 0 Å². The van der Waals surface area contributed by atoms with E-state index < -0.39 is 0 Å². The molecule has 1 aromatic carbocycles. The summed E-state index contributed by atoms with van der Waals surface area (Å²) in [6.45, 7) is 0.649. The molecule has 1 aliphatic rings. The lowest BCUT2D eigenvalue weighted by atomic mass is 10.1. The topological polar surface area (TPSA) is 97.6 Å². The van der Waals surface area contributed by atoms with Crippen molar-refractivity contribution >= 4 is 34.5 Å². The number of methoxy groups -OCH3 is 1. The summed E-state index contributed by atoms with van der Waals surface area (Å²) in [6, 6.07) is 7.22. The summed E-state index contributed by atoms with van der Waals surface area (Å²) in [4.78, 5) is 30.8. The summed E-state index contributed by atoms with van der Waals surface area (Å²) in [5.74, 6) is 1.45. The average Bonchev–Trinajstić information content (AvgIpc) is 3.44. The molecule has 3 heterocycles. The van der Waals surface area contributed by atoms with Crippen molar-refractivity contribution in [1.82, 2.24) is 10.1 Å². The highest BCUT2D eigenvalue weighted by molar-refractivity contribution is 7.08. The highest BCUT2D eigenvalue weighted by atomic mass is 32.1. The first-order chi connectivity index (χ1) is 14.6. The summed E-state index contributed by atoms with van der Waals surface area (Å²) >= 11 is 1.56. The number of ether oxygens (including phenoxy) is 1.